The van der Waals surface area contributed by atoms with E-state index in [9.17, 15) is 4.79 Å². The summed E-state index contributed by atoms with van der Waals surface area (Å²) < 4.78 is 0. The van der Waals surface area contributed by atoms with Gasteiger partial charge in [0, 0.05) is 31.5 Å². The molecule has 0 bridgehead atoms. The van der Waals surface area contributed by atoms with Gasteiger partial charge in [-0.2, -0.15) is 0 Å². The second kappa shape index (κ2) is 4.12. The Kier molecular flexibility index (Phi) is 3.01. The van der Waals surface area contributed by atoms with Crippen LogP contribution in [0, 0.1) is 11.3 Å². The number of carbonyl (C=O) groups excluding carboxylic acids is 1. The number of piperidine rings is 1. The minimum absolute atomic E-state index is 0.348. The second-order valence-corrected chi connectivity index (χ2v) is 5.63. The quantitative estimate of drug-likeness (QED) is 0.744. The topological polar surface area (TPSA) is 32.3 Å². The van der Waals surface area contributed by atoms with E-state index in [4.69, 9.17) is 0 Å². The summed E-state index contributed by atoms with van der Waals surface area (Å²) in [5, 5.41) is 3.44. The molecule has 0 radical (unpaired) electrons. The van der Waals surface area contributed by atoms with Gasteiger partial charge in [-0.3, -0.25) is 4.79 Å². The predicted octanol–water partition coefficient (Wildman–Crippen LogP) is 1.24. The Hall–Kier alpha value is -0.570. The molecule has 15 heavy (non-hydrogen) atoms. The zero-order valence-corrected chi connectivity index (χ0v) is 9.88. The summed E-state index contributed by atoms with van der Waals surface area (Å²) in [4.78, 5) is 13.8. The van der Waals surface area contributed by atoms with Crippen molar-refractivity contribution in [3.05, 3.63) is 0 Å². The SMILES string of the molecule is CC(C)CC(=O)N1CC2(CCCNC2)C1. The van der Waals surface area contributed by atoms with Crippen molar-refractivity contribution >= 4 is 5.91 Å². The van der Waals surface area contributed by atoms with Gasteiger partial charge in [-0.25, -0.2) is 0 Å². The highest BCUT2D eigenvalue weighted by Gasteiger charge is 2.45. The van der Waals surface area contributed by atoms with Crippen molar-refractivity contribution in [1.82, 2.24) is 10.2 Å². The average molecular weight is 210 g/mol. The van der Waals surface area contributed by atoms with Gasteiger partial charge in [-0.1, -0.05) is 13.8 Å². The highest BCUT2D eigenvalue weighted by atomic mass is 16.2. The van der Waals surface area contributed by atoms with E-state index in [-0.39, 0.29) is 0 Å². The predicted molar refractivity (Wildman–Crippen MR) is 60.6 cm³/mol. The lowest BCUT2D eigenvalue weighted by Gasteiger charge is -2.52. The molecule has 0 aromatic rings. The average Bonchev–Trinajstić information content (AvgIpc) is 2.14. The molecular formula is C12H22N2O. The lowest BCUT2D eigenvalue weighted by molar-refractivity contribution is -0.145. The number of hydrogen-bond donors (Lipinski definition) is 1. The van der Waals surface area contributed by atoms with Gasteiger partial charge >= 0.3 is 0 Å². The summed E-state index contributed by atoms with van der Waals surface area (Å²) in [6, 6.07) is 0. The Bertz CT molecular complexity index is 236. The van der Waals surface area contributed by atoms with Gasteiger partial charge in [0.25, 0.3) is 0 Å². The molecule has 1 N–H and O–H groups in total. The van der Waals surface area contributed by atoms with E-state index in [0.717, 1.165) is 26.2 Å². The highest BCUT2D eigenvalue weighted by Crippen LogP contribution is 2.36. The van der Waals surface area contributed by atoms with Crippen molar-refractivity contribution in [3.63, 3.8) is 0 Å². The molecule has 1 spiro atoms. The third-order valence-electron chi connectivity index (χ3n) is 3.55. The van der Waals surface area contributed by atoms with E-state index >= 15 is 0 Å². The van der Waals surface area contributed by atoms with E-state index < -0.39 is 0 Å². The molecule has 2 rings (SSSR count). The molecule has 1 amide bonds. The van der Waals surface area contributed by atoms with Crippen LogP contribution in [0.5, 0.6) is 0 Å². The third kappa shape index (κ3) is 2.33. The zero-order chi connectivity index (χ0) is 10.9. The number of nitrogens with zero attached hydrogens (tertiary/aromatic N) is 1. The van der Waals surface area contributed by atoms with Gasteiger partial charge < -0.3 is 10.2 Å². The standard InChI is InChI=1S/C12H22N2O/c1-10(2)6-11(15)14-8-12(9-14)4-3-5-13-7-12/h10,13H,3-9H2,1-2H3. The van der Waals surface area contributed by atoms with Crippen LogP contribution >= 0.6 is 0 Å². The lowest BCUT2D eigenvalue weighted by Crippen LogP contribution is -2.63. The molecule has 0 aromatic carbocycles. The Morgan fingerprint density at radius 2 is 2.20 bits per heavy atom. The number of nitrogens with one attached hydrogen (secondary N) is 1. The first-order valence-corrected chi connectivity index (χ1v) is 6.10. The second-order valence-electron chi connectivity index (χ2n) is 5.63. The molecular weight excluding hydrogens is 188 g/mol. The zero-order valence-electron chi connectivity index (χ0n) is 9.88. The Balaban J connectivity index is 1.79. The van der Waals surface area contributed by atoms with E-state index in [0.29, 0.717) is 23.7 Å². The van der Waals surface area contributed by atoms with Crippen molar-refractivity contribution in [1.29, 1.82) is 0 Å². The molecule has 86 valence electrons. The summed E-state index contributed by atoms with van der Waals surface area (Å²) in [6.45, 7) is 8.46. The van der Waals surface area contributed by atoms with Crippen LogP contribution < -0.4 is 5.32 Å². The largest absolute Gasteiger partial charge is 0.341 e. The van der Waals surface area contributed by atoms with Gasteiger partial charge in [-0.15, -0.1) is 0 Å². The summed E-state index contributed by atoms with van der Waals surface area (Å²) >= 11 is 0. The van der Waals surface area contributed by atoms with Gasteiger partial charge in [0.2, 0.25) is 5.91 Å². The molecule has 0 unspecified atom stereocenters. The fraction of sp³-hybridized carbons (Fsp3) is 0.917. The minimum Gasteiger partial charge on any atom is -0.341 e. The van der Waals surface area contributed by atoms with E-state index in [1.54, 1.807) is 0 Å². The first kappa shape index (κ1) is 10.9. The Morgan fingerprint density at radius 1 is 1.47 bits per heavy atom. The van der Waals surface area contributed by atoms with Crippen LogP contribution in [-0.2, 0) is 4.79 Å². The minimum atomic E-state index is 0.348. The summed E-state index contributed by atoms with van der Waals surface area (Å²) in [5.41, 5.74) is 0.435. The van der Waals surface area contributed by atoms with Gasteiger partial charge in [0.05, 0.1) is 0 Å². The third-order valence-corrected chi connectivity index (χ3v) is 3.55. The smallest absolute Gasteiger partial charge is 0.222 e. The number of rotatable bonds is 2. The number of amides is 1. The summed E-state index contributed by atoms with van der Waals surface area (Å²) in [5.74, 6) is 0.833. The van der Waals surface area contributed by atoms with Crippen LogP contribution in [0.2, 0.25) is 0 Å². The summed E-state index contributed by atoms with van der Waals surface area (Å²) in [6.07, 6.45) is 3.28. The molecule has 0 aromatic heterocycles. The lowest BCUT2D eigenvalue weighted by atomic mass is 9.74. The number of hydrogen-bond acceptors (Lipinski definition) is 2. The van der Waals surface area contributed by atoms with Crippen LogP contribution in [0.25, 0.3) is 0 Å². The maximum Gasteiger partial charge on any atom is 0.222 e. The highest BCUT2D eigenvalue weighted by molar-refractivity contribution is 5.77. The van der Waals surface area contributed by atoms with Crippen LogP contribution in [0.15, 0.2) is 0 Å². The maximum absolute atomic E-state index is 11.8. The van der Waals surface area contributed by atoms with Crippen molar-refractivity contribution < 1.29 is 4.79 Å². The normalized spacial score (nSPS) is 24.3. The fourth-order valence-corrected chi connectivity index (χ4v) is 2.72. The molecule has 0 atom stereocenters. The van der Waals surface area contributed by atoms with Gasteiger partial charge in [-0.05, 0) is 25.3 Å². The molecule has 2 heterocycles. The van der Waals surface area contributed by atoms with Crippen molar-refractivity contribution in [2.24, 2.45) is 11.3 Å². The molecule has 3 nitrogen and oxygen atoms in total. The Morgan fingerprint density at radius 3 is 2.73 bits per heavy atom. The molecule has 2 aliphatic rings. The van der Waals surface area contributed by atoms with E-state index in [1.807, 2.05) is 4.90 Å². The van der Waals surface area contributed by atoms with Crippen LogP contribution in [0.4, 0.5) is 0 Å². The van der Waals surface area contributed by atoms with Crippen LogP contribution in [0.3, 0.4) is 0 Å². The first-order chi connectivity index (χ1) is 7.11. The van der Waals surface area contributed by atoms with Crippen molar-refractivity contribution in [2.75, 3.05) is 26.2 Å². The van der Waals surface area contributed by atoms with Crippen molar-refractivity contribution in [2.45, 2.75) is 33.1 Å². The fourth-order valence-electron chi connectivity index (χ4n) is 2.72. The van der Waals surface area contributed by atoms with Gasteiger partial charge in [0.15, 0.2) is 0 Å². The van der Waals surface area contributed by atoms with Crippen LogP contribution in [0.1, 0.15) is 33.1 Å². The Labute approximate surface area is 92.2 Å². The van der Waals surface area contributed by atoms with Crippen LogP contribution in [-0.4, -0.2) is 37.0 Å². The van der Waals surface area contributed by atoms with E-state index in [2.05, 4.69) is 19.2 Å². The molecule has 2 fully saturated rings. The molecule has 2 saturated heterocycles. The molecule has 3 heteroatoms. The summed E-state index contributed by atoms with van der Waals surface area (Å²) in [7, 11) is 0. The maximum atomic E-state index is 11.8. The monoisotopic (exact) mass is 210 g/mol. The van der Waals surface area contributed by atoms with Gasteiger partial charge in [0.1, 0.15) is 0 Å². The molecule has 2 aliphatic heterocycles. The number of carbonyl (C=O) groups is 1. The molecule has 0 aliphatic carbocycles. The van der Waals surface area contributed by atoms with Crippen molar-refractivity contribution in [3.8, 4) is 0 Å². The van der Waals surface area contributed by atoms with E-state index in [1.165, 1.54) is 12.8 Å². The first-order valence-electron chi connectivity index (χ1n) is 6.10. The number of likely N-dealkylation sites (tertiary alicyclic amines) is 1. The molecule has 0 saturated carbocycles.